The molecule has 1 aliphatic heterocycles. The molecule has 0 aromatic carbocycles. The lowest BCUT2D eigenvalue weighted by Gasteiger charge is -2.37. The molecule has 4 nitrogen and oxygen atoms in total. The summed E-state index contributed by atoms with van der Waals surface area (Å²) in [7, 11) is 0. The van der Waals surface area contributed by atoms with E-state index in [1.54, 1.807) is 6.20 Å². The van der Waals surface area contributed by atoms with Crippen LogP contribution in [0.2, 0.25) is 0 Å². The summed E-state index contributed by atoms with van der Waals surface area (Å²) in [5.41, 5.74) is 0. The van der Waals surface area contributed by atoms with Crippen molar-refractivity contribution in [3.8, 4) is 0 Å². The third-order valence-electron chi connectivity index (χ3n) is 2.53. The Morgan fingerprint density at radius 2 is 2.53 bits per heavy atom. The van der Waals surface area contributed by atoms with Gasteiger partial charge in [0.15, 0.2) is 5.82 Å². The molecule has 2 rings (SSSR count). The monoisotopic (exact) mass is 271 g/mol. The van der Waals surface area contributed by atoms with Crippen LogP contribution >= 0.6 is 15.9 Å². The van der Waals surface area contributed by atoms with E-state index in [1.165, 1.54) is 0 Å². The smallest absolute Gasteiger partial charge is 0.151 e. The number of rotatable bonds is 2. The van der Waals surface area contributed by atoms with Gasteiger partial charge in [-0.3, -0.25) is 0 Å². The Hall–Kier alpha value is -0.680. The maximum Gasteiger partial charge on any atom is 0.151 e. The summed E-state index contributed by atoms with van der Waals surface area (Å²) in [6.45, 7) is 3.75. The maximum absolute atomic E-state index is 5.65. The van der Waals surface area contributed by atoms with Crippen LogP contribution in [-0.2, 0) is 4.74 Å². The Labute approximate surface area is 97.8 Å². The third-order valence-corrected chi connectivity index (χ3v) is 3.25. The summed E-state index contributed by atoms with van der Waals surface area (Å²) in [5.74, 6) is 0.930. The highest BCUT2D eigenvalue weighted by Gasteiger charge is 2.26. The van der Waals surface area contributed by atoms with E-state index in [4.69, 9.17) is 4.74 Å². The molecule has 1 aromatic rings. The van der Waals surface area contributed by atoms with E-state index >= 15 is 0 Å². The normalized spacial score (nSPS) is 26.7. The van der Waals surface area contributed by atoms with Gasteiger partial charge in [0.05, 0.1) is 18.8 Å². The molecule has 0 radical (unpaired) electrons. The third kappa shape index (κ3) is 2.46. The summed E-state index contributed by atoms with van der Waals surface area (Å²) >= 11 is 3.44. The summed E-state index contributed by atoms with van der Waals surface area (Å²) < 4.78 is 5.65. The average molecular weight is 272 g/mol. The molecular formula is C10H14BrN3O. The molecule has 1 aromatic heterocycles. The van der Waals surface area contributed by atoms with Gasteiger partial charge in [-0.1, -0.05) is 15.9 Å². The van der Waals surface area contributed by atoms with Crippen LogP contribution in [0.3, 0.4) is 0 Å². The number of hydrogen-bond donors (Lipinski definition) is 0. The van der Waals surface area contributed by atoms with Crippen molar-refractivity contribution in [2.75, 3.05) is 23.4 Å². The van der Waals surface area contributed by atoms with E-state index in [1.807, 2.05) is 12.1 Å². The Kier molecular flexibility index (Phi) is 3.53. The fourth-order valence-corrected chi connectivity index (χ4v) is 2.07. The first-order valence-corrected chi connectivity index (χ1v) is 6.15. The first-order valence-electron chi connectivity index (χ1n) is 5.03. The number of hydrogen-bond acceptors (Lipinski definition) is 4. The van der Waals surface area contributed by atoms with E-state index < -0.39 is 0 Å². The first kappa shape index (κ1) is 10.8. The molecule has 2 unspecified atom stereocenters. The second kappa shape index (κ2) is 4.90. The van der Waals surface area contributed by atoms with Gasteiger partial charge in [0.25, 0.3) is 0 Å². The van der Waals surface area contributed by atoms with E-state index in [9.17, 15) is 0 Å². The van der Waals surface area contributed by atoms with Gasteiger partial charge in [-0.15, -0.1) is 5.10 Å². The van der Waals surface area contributed by atoms with Crippen molar-refractivity contribution in [2.24, 2.45) is 0 Å². The SMILES string of the molecule is CC1COC(CBr)CN1c1cccnn1. The minimum atomic E-state index is 0.239. The average Bonchev–Trinajstić information content (AvgIpc) is 2.31. The largest absolute Gasteiger partial charge is 0.373 e. The van der Waals surface area contributed by atoms with Crippen molar-refractivity contribution in [3.63, 3.8) is 0 Å². The van der Waals surface area contributed by atoms with Crippen molar-refractivity contribution in [1.82, 2.24) is 10.2 Å². The van der Waals surface area contributed by atoms with Crippen molar-refractivity contribution in [1.29, 1.82) is 0 Å². The van der Waals surface area contributed by atoms with Crippen LogP contribution in [0.15, 0.2) is 18.3 Å². The standard InChI is InChI=1S/C10H14BrN3O/c1-8-7-15-9(5-11)6-14(8)10-3-2-4-12-13-10/h2-4,8-9H,5-7H2,1H3. The van der Waals surface area contributed by atoms with Gasteiger partial charge in [-0.25, -0.2) is 0 Å². The lowest BCUT2D eigenvalue weighted by molar-refractivity contribution is 0.0376. The number of ether oxygens (including phenoxy) is 1. The maximum atomic E-state index is 5.65. The van der Waals surface area contributed by atoms with Crippen molar-refractivity contribution < 1.29 is 4.74 Å². The van der Waals surface area contributed by atoms with Gasteiger partial charge < -0.3 is 9.64 Å². The molecule has 1 aliphatic rings. The minimum Gasteiger partial charge on any atom is -0.373 e. The molecule has 82 valence electrons. The molecule has 0 saturated carbocycles. The molecule has 2 atom stereocenters. The van der Waals surface area contributed by atoms with Gasteiger partial charge >= 0.3 is 0 Å². The van der Waals surface area contributed by atoms with Crippen LogP contribution in [0.4, 0.5) is 5.82 Å². The van der Waals surface area contributed by atoms with Gasteiger partial charge in [0.1, 0.15) is 0 Å². The molecule has 0 aliphatic carbocycles. The predicted molar refractivity (Wildman–Crippen MR) is 62.4 cm³/mol. The number of anilines is 1. The summed E-state index contributed by atoms with van der Waals surface area (Å²) in [6.07, 6.45) is 1.93. The highest BCUT2D eigenvalue weighted by atomic mass is 79.9. The van der Waals surface area contributed by atoms with Crippen LogP contribution in [0.5, 0.6) is 0 Å². The molecule has 5 heteroatoms. The van der Waals surface area contributed by atoms with Gasteiger partial charge in [-0.2, -0.15) is 5.10 Å². The number of nitrogens with zero attached hydrogens (tertiary/aromatic N) is 3. The van der Waals surface area contributed by atoms with E-state index in [0.717, 1.165) is 24.3 Å². The Bertz CT molecular complexity index is 309. The Morgan fingerprint density at radius 1 is 1.67 bits per heavy atom. The topological polar surface area (TPSA) is 38.2 Å². The highest BCUT2D eigenvalue weighted by Crippen LogP contribution is 2.19. The molecule has 1 fully saturated rings. The first-order chi connectivity index (χ1) is 7.31. The fraction of sp³-hybridized carbons (Fsp3) is 0.600. The lowest BCUT2D eigenvalue weighted by atomic mass is 10.2. The molecule has 1 saturated heterocycles. The Balaban J connectivity index is 2.13. The van der Waals surface area contributed by atoms with Crippen molar-refractivity contribution in [2.45, 2.75) is 19.1 Å². The highest BCUT2D eigenvalue weighted by molar-refractivity contribution is 9.09. The van der Waals surface area contributed by atoms with Crippen LogP contribution < -0.4 is 4.90 Å². The van der Waals surface area contributed by atoms with E-state index in [-0.39, 0.29) is 6.10 Å². The van der Waals surface area contributed by atoms with E-state index in [2.05, 4.69) is 38.0 Å². The number of aromatic nitrogens is 2. The number of morpholine rings is 1. The second-order valence-corrected chi connectivity index (χ2v) is 4.34. The van der Waals surface area contributed by atoms with E-state index in [0.29, 0.717) is 6.04 Å². The zero-order valence-electron chi connectivity index (χ0n) is 8.64. The molecule has 0 spiro atoms. The fourth-order valence-electron chi connectivity index (χ4n) is 1.68. The molecule has 0 amide bonds. The lowest BCUT2D eigenvalue weighted by Crippen LogP contribution is -2.49. The summed E-state index contributed by atoms with van der Waals surface area (Å²) in [5, 5.41) is 8.89. The predicted octanol–water partition coefficient (Wildman–Crippen LogP) is 1.47. The summed E-state index contributed by atoms with van der Waals surface area (Å²) in [4.78, 5) is 2.24. The van der Waals surface area contributed by atoms with Gasteiger partial charge in [0.2, 0.25) is 0 Å². The zero-order chi connectivity index (χ0) is 10.7. The molecular weight excluding hydrogens is 258 g/mol. The second-order valence-electron chi connectivity index (χ2n) is 3.69. The van der Waals surface area contributed by atoms with Gasteiger partial charge in [-0.05, 0) is 19.1 Å². The molecule has 15 heavy (non-hydrogen) atoms. The number of halogens is 1. The molecule has 0 N–H and O–H groups in total. The summed E-state index contributed by atoms with van der Waals surface area (Å²) in [6, 6.07) is 4.25. The van der Waals surface area contributed by atoms with Gasteiger partial charge in [0, 0.05) is 18.1 Å². The Morgan fingerprint density at radius 3 is 3.20 bits per heavy atom. The van der Waals surface area contributed by atoms with Crippen LogP contribution in [0.1, 0.15) is 6.92 Å². The minimum absolute atomic E-state index is 0.239. The molecule has 0 bridgehead atoms. The van der Waals surface area contributed by atoms with Crippen molar-refractivity contribution in [3.05, 3.63) is 18.3 Å². The number of alkyl halides is 1. The zero-order valence-corrected chi connectivity index (χ0v) is 10.2. The molecule has 2 heterocycles. The van der Waals surface area contributed by atoms with Crippen LogP contribution in [-0.4, -0.2) is 40.8 Å². The quantitative estimate of drug-likeness (QED) is 0.764. The van der Waals surface area contributed by atoms with Crippen molar-refractivity contribution >= 4 is 21.7 Å². The van der Waals surface area contributed by atoms with Crippen LogP contribution in [0.25, 0.3) is 0 Å². The van der Waals surface area contributed by atoms with Crippen LogP contribution in [0, 0.1) is 0 Å².